The quantitative estimate of drug-likeness (QED) is 0.740. The van der Waals surface area contributed by atoms with Crippen LogP contribution in [-0.4, -0.2) is 32.9 Å². The molecule has 2 heterocycles. The molecule has 1 saturated heterocycles. The van der Waals surface area contributed by atoms with E-state index in [0.717, 1.165) is 26.2 Å². The van der Waals surface area contributed by atoms with Gasteiger partial charge in [-0.1, -0.05) is 0 Å². The van der Waals surface area contributed by atoms with Crippen LogP contribution in [0.5, 0.6) is 0 Å². The van der Waals surface area contributed by atoms with E-state index in [0.29, 0.717) is 12.0 Å². The SMILES string of the molecule is CNC(C1=COCCC1)C1CCOC1. The third kappa shape index (κ3) is 2.10. The monoisotopic (exact) mass is 197 g/mol. The van der Waals surface area contributed by atoms with Crippen LogP contribution in [0.25, 0.3) is 0 Å². The highest BCUT2D eigenvalue weighted by molar-refractivity contribution is 5.12. The van der Waals surface area contributed by atoms with Crippen molar-refractivity contribution in [3.8, 4) is 0 Å². The van der Waals surface area contributed by atoms with E-state index in [2.05, 4.69) is 5.32 Å². The van der Waals surface area contributed by atoms with E-state index in [-0.39, 0.29) is 0 Å². The van der Waals surface area contributed by atoms with Crippen LogP contribution >= 0.6 is 0 Å². The predicted octanol–water partition coefficient (Wildman–Crippen LogP) is 1.31. The van der Waals surface area contributed by atoms with Crippen molar-refractivity contribution >= 4 is 0 Å². The van der Waals surface area contributed by atoms with E-state index >= 15 is 0 Å². The maximum Gasteiger partial charge on any atom is 0.0876 e. The first-order valence-corrected chi connectivity index (χ1v) is 5.47. The van der Waals surface area contributed by atoms with E-state index in [9.17, 15) is 0 Å². The normalized spacial score (nSPS) is 29.5. The first kappa shape index (κ1) is 9.99. The summed E-state index contributed by atoms with van der Waals surface area (Å²) in [6.07, 6.45) is 5.44. The molecule has 0 aliphatic carbocycles. The van der Waals surface area contributed by atoms with Crippen LogP contribution in [0.15, 0.2) is 11.8 Å². The Morgan fingerprint density at radius 1 is 1.50 bits per heavy atom. The number of ether oxygens (including phenoxy) is 2. The molecule has 80 valence electrons. The van der Waals surface area contributed by atoms with E-state index in [4.69, 9.17) is 9.47 Å². The summed E-state index contributed by atoms with van der Waals surface area (Å²) in [6, 6.07) is 0.456. The lowest BCUT2D eigenvalue weighted by atomic mass is 9.90. The van der Waals surface area contributed by atoms with E-state index < -0.39 is 0 Å². The first-order valence-electron chi connectivity index (χ1n) is 5.47. The highest BCUT2D eigenvalue weighted by atomic mass is 16.5. The minimum atomic E-state index is 0.456. The van der Waals surface area contributed by atoms with Crippen molar-refractivity contribution in [3.05, 3.63) is 11.8 Å². The molecule has 1 fully saturated rings. The average Bonchev–Trinajstić information content (AvgIpc) is 2.74. The summed E-state index contributed by atoms with van der Waals surface area (Å²) >= 11 is 0. The maximum atomic E-state index is 5.42. The Hall–Kier alpha value is -0.540. The van der Waals surface area contributed by atoms with Crippen LogP contribution in [0.3, 0.4) is 0 Å². The fraction of sp³-hybridized carbons (Fsp3) is 0.818. The van der Waals surface area contributed by atoms with Crippen LogP contribution < -0.4 is 5.32 Å². The zero-order valence-electron chi connectivity index (χ0n) is 8.79. The molecule has 2 atom stereocenters. The number of likely N-dealkylation sites (N-methyl/N-ethyl adjacent to an activating group) is 1. The number of hydrogen-bond donors (Lipinski definition) is 1. The molecule has 3 nitrogen and oxygen atoms in total. The molecule has 2 unspecified atom stereocenters. The minimum absolute atomic E-state index is 0.456. The van der Waals surface area contributed by atoms with Crippen LogP contribution in [0, 0.1) is 5.92 Å². The third-order valence-electron chi connectivity index (χ3n) is 3.11. The number of rotatable bonds is 3. The van der Waals surface area contributed by atoms with Crippen molar-refractivity contribution in [2.24, 2.45) is 5.92 Å². The Morgan fingerprint density at radius 3 is 3.00 bits per heavy atom. The summed E-state index contributed by atoms with van der Waals surface area (Å²) in [4.78, 5) is 0. The molecule has 0 amide bonds. The van der Waals surface area contributed by atoms with Crippen molar-refractivity contribution in [1.29, 1.82) is 0 Å². The summed E-state index contributed by atoms with van der Waals surface area (Å²) in [6.45, 7) is 2.68. The maximum absolute atomic E-state index is 5.42. The molecule has 2 aliphatic heterocycles. The van der Waals surface area contributed by atoms with Crippen molar-refractivity contribution in [2.75, 3.05) is 26.9 Å². The molecule has 0 aromatic carbocycles. The summed E-state index contributed by atoms with van der Waals surface area (Å²) in [5.74, 6) is 0.632. The van der Waals surface area contributed by atoms with Crippen LogP contribution in [0.2, 0.25) is 0 Å². The Bertz CT molecular complexity index is 209. The second kappa shape index (κ2) is 4.80. The van der Waals surface area contributed by atoms with Gasteiger partial charge in [0, 0.05) is 18.6 Å². The Kier molecular flexibility index (Phi) is 3.43. The van der Waals surface area contributed by atoms with E-state index in [1.54, 1.807) is 0 Å². The van der Waals surface area contributed by atoms with Gasteiger partial charge < -0.3 is 14.8 Å². The van der Waals surface area contributed by atoms with Crippen molar-refractivity contribution in [1.82, 2.24) is 5.32 Å². The third-order valence-corrected chi connectivity index (χ3v) is 3.11. The van der Waals surface area contributed by atoms with Crippen molar-refractivity contribution in [3.63, 3.8) is 0 Å². The van der Waals surface area contributed by atoms with Gasteiger partial charge in [0.15, 0.2) is 0 Å². The van der Waals surface area contributed by atoms with Crippen LogP contribution in [-0.2, 0) is 9.47 Å². The zero-order valence-corrected chi connectivity index (χ0v) is 8.79. The van der Waals surface area contributed by atoms with Gasteiger partial charge in [-0.15, -0.1) is 0 Å². The number of nitrogens with one attached hydrogen (secondary N) is 1. The highest BCUT2D eigenvalue weighted by Crippen LogP contribution is 2.25. The largest absolute Gasteiger partial charge is 0.501 e. The molecule has 0 aromatic heterocycles. The fourth-order valence-corrected chi connectivity index (χ4v) is 2.35. The van der Waals surface area contributed by atoms with E-state index in [1.165, 1.54) is 18.4 Å². The summed E-state index contributed by atoms with van der Waals surface area (Å²) in [5, 5.41) is 3.39. The fourth-order valence-electron chi connectivity index (χ4n) is 2.35. The smallest absolute Gasteiger partial charge is 0.0876 e. The van der Waals surface area contributed by atoms with Gasteiger partial charge in [0.2, 0.25) is 0 Å². The van der Waals surface area contributed by atoms with Gasteiger partial charge in [-0.2, -0.15) is 0 Å². The second-order valence-corrected chi connectivity index (χ2v) is 4.06. The van der Waals surface area contributed by atoms with Gasteiger partial charge in [-0.25, -0.2) is 0 Å². The standard InChI is InChI=1S/C11H19NO2/c1-12-11(10-4-6-14-8-10)9-3-2-5-13-7-9/h7,10-12H,2-6,8H2,1H3. The number of hydrogen-bond acceptors (Lipinski definition) is 3. The lowest BCUT2D eigenvalue weighted by Gasteiger charge is -2.26. The second-order valence-electron chi connectivity index (χ2n) is 4.06. The molecule has 0 aromatic rings. The molecule has 3 heteroatoms. The zero-order chi connectivity index (χ0) is 9.80. The van der Waals surface area contributed by atoms with Crippen molar-refractivity contribution in [2.45, 2.75) is 25.3 Å². The Labute approximate surface area is 85.5 Å². The van der Waals surface area contributed by atoms with Gasteiger partial charge in [0.05, 0.1) is 19.5 Å². The molecule has 0 saturated carbocycles. The molecular weight excluding hydrogens is 178 g/mol. The molecule has 14 heavy (non-hydrogen) atoms. The summed E-state index contributed by atoms with van der Waals surface area (Å²) in [7, 11) is 2.03. The molecular formula is C11H19NO2. The van der Waals surface area contributed by atoms with Crippen LogP contribution in [0.4, 0.5) is 0 Å². The lowest BCUT2D eigenvalue weighted by Crippen LogP contribution is -2.36. The molecule has 0 bridgehead atoms. The predicted molar refractivity (Wildman–Crippen MR) is 55.0 cm³/mol. The van der Waals surface area contributed by atoms with Gasteiger partial charge in [-0.05, 0) is 31.9 Å². The first-order chi connectivity index (χ1) is 6.92. The average molecular weight is 197 g/mol. The topological polar surface area (TPSA) is 30.5 Å². The highest BCUT2D eigenvalue weighted by Gasteiger charge is 2.28. The van der Waals surface area contributed by atoms with Gasteiger partial charge in [0.1, 0.15) is 0 Å². The molecule has 0 radical (unpaired) electrons. The Balaban J connectivity index is 1.99. The molecule has 1 N–H and O–H groups in total. The van der Waals surface area contributed by atoms with Gasteiger partial charge >= 0.3 is 0 Å². The minimum Gasteiger partial charge on any atom is -0.501 e. The summed E-state index contributed by atoms with van der Waals surface area (Å²) < 4.78 is 10.8. The van der Waals surface area contributed by atoms with Gasteiger partial charge in [0.25, 0.3) is 0 Å². The van der Waals surface area contributed by atoms with E-state index in [1.807, 2.05) is 13.3 Å². The lowest BCUT2D eigenvalue weighted by molar-refractivity contribution is 0.176. The molecule has 0 spiro atoms. The summed E-state index contributed by atoms with van der Waals surface area (Å²) in [5.41, 5.74) is 1.41. The van der Waals surface area contributed by atoms with Gasteiger partial charge in [-0.3, -0.25) is 0 Å². The molecule has 2 rings (SSSR count). The molecule has 2 aliphatic rings. The van der Waals surface area contributed by atoms with Crippen LogP contribution in [0.1, 0.15) is 19.3 Å². The Morgan fingerprint density at radius 2 is 2.43 bits per heavy atom. The van der Waals surface area contributed by atoms with Crippen molar-refractivity contribution < 1.29 is 9.47 Å².